The molecule has 0 spiro atoms. The zero-order valence-corrected chi connectivity index (χ0v) is 27.2. The Morgan fingerprint density at radius 1 is 1.10 bits per heavy atom. The second-order valence-electron chi connectivity index (χ2n) is 12.8. The van der Waals surface area contributed by atoms with Gasteiger partial charge in [0, 0.05) is 63.1 Å². The standard InChI is InChI=1S/C35H41F3N6O5/c1-22-7-8-25(41-33(46)43-13-10-24(18-43)16-35(36,37)38)15-27(22)26-9-11-40-32(31(26)30-17-39-12-14-48-30)44-19-28(29(45)20-44)42-34(47)49-21-23-5-3-2-4-6-23/h2-9,11,15,24,28-30,39,45H,10,12-14,16-21H2,1H3,(H,41,46)(H,42,47). The van der Waals surface area contributed by atoms with Crippen LogP contribution in [0.4, 0.5) is 34.3 Å². The molecule has 4 atom stereocenters. The molecule has 14 heteroatoms. The fourth-order valence-electron chi connectivity index (χ4n) is 6.74. The quantitative estimate of drug-likeness (QED) is 0.262. The molecule has 3 fully saturated rings. The van der Waals surface area contributed by atoms with Gasteiger partial charge in [0.15, 0.2) is 0 Å². The van der Waals surface area contributed by atoms with Crippen LogP contribution in [-0.4, -0.2) is 91.3 Å². The maximum absolute atomic E-state index is 13.1. The van der Waals surface area contributed by atoms with Gasteiger partial charge in [0.1, 0.15) is 12.4 Å². The van der Waals surface area contributed by atoms with Gasteiger partial charge in [-0.1, -0.05) is 36.4 Å². The maximum Gasteiger partial charge on any atom is 0.407 e. The van der Waals surface area contributed by atoms with Gasteiger partial charge in [-0.2, -0.15) is 13.2 Å². The Bertz CT molecular complexity index is 1620. The van der Waals surface area contributed by atoms with Gasteiger partial charge in [0.2, 0.25) is 0 Å². The van der Waals surface area contributed by atoms with Crippen LogP contribution in [0.5, 0.6) is 0 Å². The average molecular weight is 683 g/mol. The first-order chi connectivity index (χ1) is 23.5. The number of halogens is 3. The predicted octanol–water partition coefficient (Wildman–Crippen LogP) is 5.00. The highest BCUT2D eigenvalue weighted by Crippen LogP contribution is 2.40. The van der Waals surface area contributed by atoms with Gasteiger partial charge >= 0.3 is 18.3 Å². The number of alkyl carbamates (subject to hydrolysis) is 1. The summed E-state index contributed by atoms with van der Waals surface area (Å²) in [7, 11) is 0. The van der Waals surface area contributed by atoms with Crippen LogP contribution in [-0.2, 0) is 16.1 Å². The lowest BCUT2D eigenvalue weighted by molar-refractivity contribution is -0.143. The summed E-state index contributed by atoms with van der Waals surface area (Å²) < 4.78 is 50.4. The summed E-state index contributed by atoms with van der Waals surface area (Å²) in [4.78, 5) is 33.8. The zero-order valence-electron chi connectivity index (χ0n) is 27.2. The van der Waals surface area contributed by atoms with Gasteiger partial charge in [-0.3, -0.25) is 0 Å². The van der Waals surface area contributed by atoms with Crippen LogP contribution in [0.3, 0.4) is 0 Å². The molecule has 6 rings (SSSR count). The van der Waals surface area contributed by atoms with Crippen LogP contribution in [0.2, 0.25) is 0 Å². The van der Waals surface area contributed by atoms with Crippen LogP contribution in [0.15, 0.2) is 60.8 Å². The molecule has 1 aromatic heterocycles. The lowest BCUT2D eigenvalue weighted by Gasteiger charge is -2.30. The Morgan fingerprint density at radius 3 is 2.67 bits per heavy atom. The van der Waals surface area contributed by atoms with E-state index in [9.17, 15) is 27.9 Å². The van der Waals surface area contributed by atoms with Crippen molar-refractivity contribution < 1.29 is 37.3 Å². The summed E-state index contributed by atoms with van der Waals surface area (Å²) >= 11 is 0. The lowest BCUT2D eigenvalue weighted by Crippen LogP contribution is -2.43. The number of aromatic nitrogens is 1. The van der Waals surface area contributed by atoms with Crippen molar-refractivity contribution in [3.63, 3.8) is 0 Å². The second-order valence-corrected chi connectivity index (χ2v) is 12.8. The normalized spacial score (nSPS) is 22.6. The number of likely N-dealkylation sites (tertiary alicyclic amines) is 1. The number of nitrogens with zero attached hydrogens (tertiary/aromatic N) is 3. The Morgan fingerprint density at radius 2 is 1.92 bits per heavy atom. The number of aliphatic hydroxyl groups is 1. The van der Waals surface area contributed by atoms with Crippen molar-refractivity contribution in [2.75, 3.05) is 56.1 Å². The van der Waals surface area contributed by atoms with E-state index in [2.05, 4.69) is 16.0 Å². The minimum atomic E-state index is -4.26. The molecular weight excluding hydrogens is 641 g/mol. The molecule has 0 radical (unpaired) electrons. The number of β-amino-alcohol motifs (C(OH)–C–C–N with tert-alkyl or cyclic N) is 1. The highest BCUT2D eigenvalue weighted by atomic mass is 19.4. The van der Waals surface area contributed by atoms with Gasteiger partial charge in [0.25, 0.3) is 0 Å². The molecule has 11 nitrogen and oxygen atoms in total. The molecule has 4 unspecified atom stereocenters. The minimum Gasteiger partial charge on any atom is -0.445 e. The SMILES string of the molecule is Cc1ccc(NC(=O)N2CCC(CC(F)(F)F)C2)cc1-c1ccnc(N2CC(O)C(NC(=O)OCc3ccccc3)C2)c1C1CNCCO1. The summed E-state index contributed by atoms with van der Waals surface area (Å²) in [6.45, 7) is 4.58. The molecule has 3 aliphatic heterocycles. The number of anilines is 2. The molecule has 49 heavy (non-hydrogen) atoms. The Balaban J connectivity index is 1.21. The number of amides is 3. The van der Waals surface area contributed by atoms with Crippen molar-refractivity contribution in [1.29, 1.82) is 0 Å². The number of carbonyl (C=O) groups is 2. The van der Waals surface area contributed by atoms with E-state index in [0.717, 1.165) is 27.8 Å². The zero-order chi connectivity index (χ0) is 34.5. The monoisotopic (exact) mass is 682 g/mol. The van der Waals surface area contributed by atoms with Gasteiger partial charge < -0.3 is 40.3 Å². The summed E-state index contributed by atoms with van der Waals surface area (Å²) in [5, 5.41) is 20.0. The van der Waals surface area contributed by atoms with Crippen LogP contribution in [0.25, 0.3) is 11.1 Å². The van der Waals surface area contributed by atoms with Gasteiger partial charge in [0.05, 0.1) is 24.9 Å². The molecule has 3 aliphatic rings. The third kappa shape index (κ3) is 8.61. The Kier molecular flexibility index (Phi) is 10.6. The van der Waals surface area contributed by atoms with E-state index in [1.54, 1.807) is 12.3 Å². The fourth-order valence-corrected chi connectivity index (χ4v) is 6.74. The summed E-state index contributed by atoms with van der Waals surface area (Å²) in [6, 6.07) is 15.7. The molecule has 3 saturated heterocycles. The minimum absolute atomic E-state index is 0.0518. The first-order valence-electron chi connectivity index (χ1n) is 16.5. The summed E-state index contributed by atoms with van der Waals surface area (Å²) in [5.41, 5.74) is 4.73. The first-order valence-corrected chi connectivity index (χ1v) is 16.5. The number of hydrogen-bond donors (Lipinski definition) is 4. The van der Waals surface area contributed by atoms with Crippen molar-refractivity contribution in [1.82, 2.24) is 20.5 Å². The third-order valence-corrected chi connectivity index (χ3v) is 9.20. The number of urea groups is 1. The number of nitrogens with one attached hydrogen (secondary N) is 3. The number of carbonyl (C=O) groups excluding carboxylic acids is 2. The number of alkyl halides is 3. The predicted molar refractivity (Wildman–Crippen MR) is 177 cm³/mol. The van der Waals surface area contributed by atoms with E-state index >= 15 is 0 Å². The highest BCUT2D eigenvalue weighted by molar-refractivity contribution is 5.91. The van der Waals surface area contributed by atoms with Crippen molar-refractivity contribution in [2.45, 2.75) is 50.8 Å². The number of pyridine rings is 1. The molecule has 0 bridgehead atoms. The molecule has 3 aromatic rings. The Hall–Kier alpha value is -4.40. The molecule has 3 amide bonds. The van der Waals surface area contributed by atoms with E-state index in [4.69, 9.17) is 14.5 Å². The maximum atomic E-state index is 13.1. The number of aryl methyl sites for hydroxylation is 1. The molecule has 4 N–H and O–H groups in total. The topological polar surface area (TPSA) is 128 Å². The van der Waals surface area contributed by atoms with E-state index in [1.165, 1.54) is 4.90 Å². The first kappa shape index (κ1) is 34.5. The van der Waals surface area contributed by atoms with Crippen LogP contribution in [0, 0.1) is 12.8 Å². The van der Waals surface area contributed by atoms with Crippen molar-refractivity contribution >= 4 is 23.6 Å². The van der Waals surface area contributed by atoms with Crippen LogP contribution >= 0.6 is 0 Å². The Labute approximate surface area is 282 Å². The van der Waals surface area contributed by atoms with Crippen molar-refractivity contribution in [3.05, 3.63) is 77.5 Å². The van der Waals surface area contributed by atoms with Crippen LogP contribution in [0.1, 0.15) is 35.6 Å². The van der Waals surface area contributed by atoms with Gasteiger partial charge in [-0.05, 0) is 59.7 Å². The van der Waals surface area contributed by atoms with Gasteiger partial charge in [-0.15, -0.1) is 0 Å². The molecule has 262 valence electrons. The number of ether oxygens (including phenoxy) is 2. The molecule has 0 aliphatic carbocycles. The fraction of sp³-hybridized carbons (Fsp3) is 0.457. The van der Waals surface area contributed by atoms with Crippen molar-refractivity contribution in [2.24, 2.45) is 5.92 Å². The highest BCUT2D eigenvalue weighted by Gasteiger charge is 2.38. The number of benzene rings is 2. The molecule has 4 heterocycles. The number of morpholine rings is 1. The van der Waals surface area contributed by atoms with E-state index in [1.807, 2.05) is 60.4 Å². The average Bonchev–Trinajstić information content (AvgIpc) is 3.70. The van der Waals surface area contributed by atoms with E-state index in [-0.39, 0.29) is 38.9 Å². The smallest absolute Gasteiger partial charge is 0.407 e. The lowest BCUT2D eigenvalue weighted by atomic mass is 9.93. The summed E-state index contributed by atoms with van der Waals surface area (Å²) in [6.07, 6.45) is -5.06. The third-order valence-electron chi connectivity index (χ3n) is 9.20. The summed E-state index contributed by atoms with van der Waals surface area (Å²) in [5.74, 6) is -0.00566. The van der Waals surface area contributed by atoms with E-state index in [0.29, 0.717) is 37.6 Å². The largest absolute Gasteiger partial charge is 0.445 e. The number of aliphatic hydroxyl groups excluding tert-OH is 1. The van der Waals surface area contributed by atoms with Crippen LogP contribution < -0.4 is 20.9 Å². The molecular formula is C35H41F3N6O5. The second kappa shape index (κ2) is 15.0. The molecule has 2 aromatic carbocycles. The van der Waals surface area contributed by atoms with Crippen molar-refractivity contribution in [3.8, 4) is 11.1 Å². The van der Waals surface area contributed by atoms with E-state index < -0.39 is 42.8 Å². The molecule has 0 saturated carbocycles. The van der Waals surface area contributed by atoms with Gasteiger partial charge in [-0.25, -0.2) is 14.6 Å². The number of hydrogen-bond acceptors (Lipinski definition) is 8. The number of rotatable bonds is 8.